The second-order valence-corrected chi connectivity index (χ2v) is 6.73. The van der Waals surface area contributed by atoms with E-state index >= 15 is 0 Å². The topological polar surface area (TPSA) is 26.3 Å². The molecule has 3 rings (SSSR count). The Hall–Kier alpha value is -3.13. The van der Waals surface area contributed by atoms with Crippen LogP contribution in [0.5, 0.6) is 5.75 Å². The van der Waals surface area contributed by atoms with Crippen molar-refractivity contribution in [2.75, 3.05) is 0 Å². The SMILES string of the molecule is C/C=C/C(=O)Oc1cc(-c2ccc(CC)cc2)ccc1-c1ccc(CC)cc1. The average Bonchev–Trinajstić information content (AvgIpc) is 2.74. The Morgan fingerprint density at radius 2 is 1.32 bits per heavy atom. The summed E-state index contributed by atoms with van der Waals surface area (Å²) in [4.78, 5) is 12.1. The molecule has 3 aromatic rings. The van der Waals surface area contributed by atoms with Crippen molar-refractivity contribution < 1.29 is 9.53 Å². The summed E-state index contributed by atoms with van der Waals surface area (Å²) in [6, 6.07) is 23.0. The quantitative estimate of drug-likeness (QED) is 0.277. The van der Waals surface area contributed by atoms with E-state index in [2.05, 4.69) is 68.4 Å². The van der Waals surface area contributed by atoms with Crippen LogP contribution in [-0.2, 0) is 17.6 Å². The fourth-order valence-electron chi connectivity index (χ4n) is 3.16. The van der Waals surface area contributed by atoms with E-state index in [0.29, 0.717) is 5.75 Å². The summed E-state index contributed by atoms with van der Waals surface area (Å²) < 4.78 is 5.68. The molecule has 28 heavy (non-hydrogen) atoms. The highest BCUT2D eigenvalue weighted by Crippen LogP contribution is 2.35. The molecule has 0 unspecified atom stereocenters. The first-order chi connectivity index (χ1) is 13.6. The van der Waals surface area contributed by atoms with Gasteiger partial charge in [-0.3, -0.25) is 0 Å². The zero-order valence-corrected chi connectivity index (χ0v) is 16.7. The second-order valence-electron chi connectivity index (χ2n) is 6.73. The highest BCUT2D eigenvalue weighted by atomic mass is 16.5. The maximum absolute atomic E-state index is 12.1. The summed E-state index contributed by atoms with van der Waals surface area (Å²) in [6.45, 7) is 6.08. The monoisotopic (exact) mass is 370 g/mol. The maximum atomic E-state index is 12.1. The number of benzene rings is 3. The lowest BCUT2D eigenvalue weighted by Crippen LogP contribution is -2.05. The van der Waals surface area contributed by atoms with Gasteiger partial charge in [-0.15, -0.1) is 0 Å². The Kier molecular flexibility index (Phi) is 6.44. The normalized spacial score (nSPS) is 11.0. The van der Waals surface area contributed by atoms with Crippen LogP contribution in [0, 0.1) is 0 Å². The van der Waals surface area contributed by atoms with Gasteiger partial charge < -0.3 is 4.74 Å². The molecule has 0 aliphatic heterocycles. The van der Waals surface area contributed by atoms with Crippen LogP contribution in [0.15, 0.2) is 78.9 Å². The predicted molar refractivity (Wildman–Crippen MR) is 117 cm³/mol. The van der Waals surface area contributed by atoms with Crippen LogP contribution >= 0.6 is 0 Å². The molecule has 0 N–H and O–H groups in total. The van der Waals surface area contributed by atoms with E-state index in [1.54, 1.807) is 13.0 Å². The van der Waals surface area contributed by atoms with Crippen LogP contribution in [0.4, 0.5) is 0 Å². The van der Waals surface area contributed by atoms with Crippen LogP contribution in [0.2, 0.25) is 0 Å². The van der Waals surface area contributed by atoms with E-state index in [1.165, 1.54) is 17.2 Å². The molecule has 0 aliphatic rings. The fourth-order valence-corrected chi connectivity index (χ4v) is 3.16. The standard InChI is InChI=1S/C26H26O2/c1-4-7-26(27)28-25-18-23(21-12-8-19(5-2)9-13-21)16-17-24(25)22-14-10-20(6-3)11-15-22/h4,7-18H,5-6H2,1-3H3/b7-4+. The number of ether oxygens (including phenoxy) is 1. The number of allylic oxidation sites excluding steroid dienone is 1. The Labute approximate surface area is 167 Å². The van der Waals surface area contributed by atoms with Gasteiger partial charge in [-0.1, -0.05) is 80.6 Å². The number of carbonyl (C=O) groups excluding carboxylic acids is 1. The molecule has 0 saturated carbocycles. The van der Waals surface area contributed by atoms with E-state index in [1.807, 2.05) is 12.1 Å². The van der Waals surface area contributed by atoms with Gasteiger partial charge in [0.25, 0.3) is 0 Å². The number of hydrogen-bond acceptors (Lipinski definition) is 2. The maximum Gasteiger partial charge on any atom is 0.335 e. The summed E-state index contributed by atoms with van der Waals surface area (Å²) in [5, 5.41) is 0. The van der Waals surface area contributed by atoms with Gasteiger partial charge in [0, 0.05) is 11.6 Å². The molecular formula is C26H26O2. The molecule has 0 aromatic heterocycles. The van der Waals surface area contributed by atoms with Crippen molar-refractivity contribution in [1.29, 1.82) is 0 Å². The fraction of sp³-hybridized carbons (Fsp3) is 0.192. The third-order valence-corrected chi connectivity index (χ3v) is 4.86. The van der Waals surface area contributed by atoms with Crippen molar-refractivity contribution >= 4 is 5.97 Å². The summed E-state index contributed by atoms with van der Waals surface area (Å²) in [5.74, 6) is 0.205. The third-order valence-electron chi connectivity index (χ3n) is 4.86. The molecule has 0 spiro atoms. The molecular weight excluding hydrogens is 344 g/mol. The second kappa shape index (κ2) is 9.18. The van der Waals surface area contributed by atoms with Crippen molar-refractivity contribution in [3.63, 3.8) is 0 Å². The third kappa shape index (κ3) is 4.58. The van der Waals surface area contributed by atoms with Crippen molar-refractivity contribution in [1.82, 2.24) is 0 Å². The van der Waals surface area contributed by atoms with Crippen molar-refractivity contribution in [3.8, 4) is 28.0 Å². The first kappa shape index (κ1) is 19.6. The smallest absolute Gasteiger partial charge is 0.335 e. The number of aryl methyl sites for hydroxylation is 2. The van der Waals surface area contributed by atoms with Gasteiger partial charge in [0.1, 0.15) is 5.75 Å². The van der Waals surface area contributed by atoms with Crippen molar-refractivity contribution in [2.24, 2.45) is 0 Å². The molecule has 0 aliphatic carbocycles. The van der Waals surface area contributed by atoms with Gasteiger partial charge in [-0.25, -0.2) is 4.79 Å². The van der Waals surface area contributed by atoms with Crippen LogP contribution in [0.3, 0.4) is 0 Å². The summed E-state index contributed by atoms with van der Waals surface area (Å²) in [6.07, 6.45) is 5.13. The van der Waals surface area contributed by atoms with Crippen LogP contribution in [-0.4, -0.2) is 5.97 Å². The first-order valence-electron chi connectivity index (χ1n) is 9.81. The van der Waals surface area contributed by atoms with E-state index in [4.69, 9.17) is 4.74 Å². The minimum absolute atomic E-state index is 0.368. The summed E-state index contributed by atoms with van der Waals surface area (Å²) in [7, 11) is 0. The van der Waals surface area contributed by atoms with Gasteiger partial charge in [0.2, 0.25) is 0 Å². The molecule has 0 radical (unpaired) electrons. The lowest BCUT2D eigenvalue weighted by atomic mass is 9.97. The molecule has 0 saturated heterocycles. The van der Waals surface area contributed by atoms with Gasteiger partial charge in [0.15, 0.2) is 0 Å². The first-order valence-corrected chi connectivity index (χ1v) is 9.81. The average molecular weight is 370 g/mol. The van der Waals surface area contributed by atoms with E-state index < -0.39 is 0 Å². The van der Waals surface area contributed by atoms with E-state index in [-0.39, 0.29) is 5.97 Å². The summed E-state index contributed by atoms with van der Waals surface area (Å²) in [5.41, 5.74) is 6.66. The van der Waals surface area contributed by atoms with Gasteiger partial charge in [-0.05, 0) is 53.6 Å². The molecule has 0 bridgehead atoms. The lowest BCUT2D eigenvalue weighted by molar-refractivity contribution is -0.128. The van der Waals surface area contributed by atoms with Crippen LogP contribution in [0.1, 0.15) is 31.9 Å². The Balaban J connectivity index is 2.03. The van der Waals surface area contributed by atoms with Gasteiger partial charge in [-0.2, -0.15) is 0 Å². The highest BCUT2D eigenvalue weighted by molar-refractivity contribution is 5.87. The zero-order valence-electron chi connectivity index (χ0n) is 16.7. The number of esters is 1. The highest BCUT2D eigenvalue weighted by Gasteiger charge is 2.12. The minimum atomic E-state index is -0.368. The predicted octanol–water partition coefficient (Wildman–Crippen LogP) is 6.63. The molecule has 0 amide bonds. The van der Waals surface area contributed by atoms with Crippen molar-refractivity contribution in [2.45, 2.75) is 33.6 Å². The number of rotatable bonds is 6. The lowest BCUT2D eigenvalue weighted by Gasteiger charge is -2.13. The molecule has 2 heteroatoms. The largest absolute Gasteiger partial charge is 0.423 e. The molecule has 0 fully saturated rings. The Bertz CT molecular complexity index is 964. The molecule has 3 aromatic carbocycles. The van der Waals surface area contributed by atoms with E-state index in [0.717, 1.165) is 35.1 Å². The van der Waals surface area contributed by atoms with Crippen LogP contribution in [0.25, 0.3) is 22.3 Å². The van der Waals surface area contributed by atoms with Gasteiger partial charge in [0.05, 0.1) is 0 Å². The molecule has 142 valence electrons. The van der Waals surface area contributed by atoms with Crippen molar-refractivity contribution in [3.05, 3.63) is 90.0 Å². The Morgan fingerprint density at radius 1 is 0.786 bits per heavy atom. The van der Waals surface area contributed by atoms with Crippen LogP contribution < -0.4 is 4.74 Å². The van der Waals surface area contributed by atoms with Gasteiger partial charge >= 0.3 is 5.97 Å². The molecule has 0 heterocycles. The number of carbonyl (C=O) groups is 1. The zero-order chi connectivity index (χ0) is 19.9. The summed E-state index contributed by atoms with van der Waals surface area (Å²) >= 11 is 0. The molecule has 0 atom stereocenters. The molecule has 2 nitrogen and oxygen atoms in total. The minimum Gasteiger partial charge on any atom is -0.423 e. The van der Waals surface area contributed by atoms with E-state index in [9.17, 15) is 4.79 Å². The number of hydrogen-bond donors (Lipinski definition) is 0. The Morgan fingerprint density at radius 3 is 1.86 bits per heavy atom.